The Morgan fingerprint density at radius 1 is 1.14 bits per heavy atom. The van der Waals surface area contributed by atoms with Gasteiger partial charge in [-0.15, -0.1) is 0 Å². The van der Waals surface area contributed by atoms with Gasteiger partial charge in [-0.05, 0) is 50.6 Å². The summed E-state index contributed by atoms with van der Waals surface area (Å²) in [6.45, 7) is 5.17. The number of benzene rings is 2. The Kier molecular flexibility index (Phi) is 5.95. The number of halogens is 1. The average Bonchev–Trinajstić information content (AvgIpc) is 2.97. The first kappa shape index (κ1) is 20.9. The molecular weight excluding hydrogens is 414 g/mol. The molecule has 1 aromatic heterocycles. The van der Waals surface area contributed by atoms with Crippen LogP contribution in [0.4, 0.5) is 11.4 Å². The standard InChI is InChI=1S/C20H20ClN3O4S/c1-12-8-9-15(22-20(25)11-16-13(2)23-28-14(16)3)10-19(12)29(26,27)24-18-7-5-4-6-17(18)21/h4-10,24H,11H2,1-3H3,(H,22,25). The molecule has 3 aromatic rings. The Morgan fingerprint density at radius 2 is 1.86 bits per heavy atom. The van der Waals surface area contributed by atoms with Gasteiger partial charge in [-0.3, -0.25) is 9.52 Å². The molecule has 0 aliphatic rings. The SMILES string of the molecule is Cc1ccc(NC(=O)Cc2c(C)noc2C)cc1S(=O)(=O)Nc1ccccc1Cl. The summed E-state index contributed by atoms with van der Waals surface area (Å²) < 4.78 is 33.3. The number of aryl methyl sites for hydroxylation is 3. The summed E-state index contributed by atoms with van der Waals surface area (Å²) >= 11 is 6.05. The van der Waals surface area contributed by atoms with E-state index in [9.17, 15) is 13.2 Å². The van der Waals surface area contributed by atoms with E-state index in [2.05, 4.69) is 15.2 Å². The highest BCUT2D eigenvalue weighted by Crippen LogP contribution is 2.27. The Hall–Kier alpha value is -2.84. The number of aromatic nitrogens is 1. The van der Waals surface area contributed by atoms with Crippen molar-refractivity contribution in [3.63, 3.8) is 0 Å². The summed E-state index contributed by atoms with van der Waals surface area (Å²) in [5.74, 6) is 0.277. The van der Waals surface area contributed by atoms with E-state index >= 15 is 0 Å². The Morgan fingerprint density at radius 3 is 2.52 bits per heavy atom. The molecule has 2 aromatic carbocycles. The van der Waals surface area contributed by atoms with E-state index in [4.69, 9.17) is 16.1 Å². The third-order valence-corrected chi connectivity index (χ3v) is 6.24. The van der Waals surface area contributed by atoms with Gasteiger partial charge in [0, 0.05) is 11.3 Å². The maximum absolute atomic E-state index is 12.9. The number of para-hydroxylation sites is 1. The van der Waals surface area contributed by atoms with Crippen molar-refractivity contribution >= 4 is 38.9 Å². The van der Waals surface area contributed by atoms with Crippen LogP contribution >= 0.6 is 11.6 Å². The molecule has 152 valence electrons. The number of nitrogens with one attached hydrogen (secondary N) is 2. The molecule has 2 N–H and O–H groups in total. The van der Waals surface area contributed by atoms with Crippen LogP contribution in [-0.2, 0) is 21.2 Å². The van der Waals surface area contributed by atoms with Crippen LogP contribution in [0.25, 0.3) is 0 Å². The van der Waals surface area contributed by atoms with Gasteiger partial charge < -0.3 is 9.84 Å². The van der Waals surface area contributed by atoms with E-state index in [-0.39, 0.29) is 27.9 Å². The third kappa shape index (κ3) is 4.78. The molecule has 0 saturated carbocycles. The number of nitrogens with zero attached hydrogens (tertiary/aromatic N) is 1. The minimum absolute atomic E-state index is 0.0487. The van der Waals surface area contributed by atoms with Gasteiger partial charge in [-0.1, -0.05) is 35.0 Å². The van der Waals surface area contributed by atoms with Crippen molar-refractivity contribution in [1.82, 2.24) is 5.16 Å². The fraction of sp³-hybridized carbons (Fsp3) is 0.200. The number of carbonyl (C=O) groups excluding carboxylic acids is 1. The first-order valence-electron chi connectivity index (χ1n) is 8.77. The Bertz CT molecular complexity index is 1150. The van der Waals surface area contributed by atoms with Gasteiger partial charge in [-0.2, -0.15) is 0 Å². The maximum Gasteiger partial charge on any atom is 0.262 e. The fourth-order valence-corrected chi connectivity index (χ4v) is 4.42. The molecule has 1 heterocycles. The molecule has 0 aliphatic heterocycles. The van der Waals surface area contributed by atoms with Crippen molar-refractivity contribution in [3.8, 4) is 0 Å². The molecule has 0 atom stereocenters. The van der Waals surface area contributed by atoms with Gasteiger partial charge in [0.25, 0.3) is 10.0 Å². The summed E-state index contributed by atoms with van der Waals surface area (Å²) in [7, 11) is -3.90. The first-order valence-corrected chi connectivity index (χ1v) is 10.6. The quantitative estimate of drug-likeness (QED) is 0.605. The summed E-state index contributed by atoms with van der Waals surface area (Å²) in [6, 6.07) is 11.3. The normalized spacial score (nSPS) is 11.3. The van der Waals surface area contributed by atoms with Crippen LogP contribution in [0.1, 0.15) is 22.6 Å². The van der Waals surface area contributed by atoms with Crippen LogP contribution in [0.3, 0.4) is 0 Å². The molecule has 29 heavy (non-hydrogen) atoms. The van der Waals surface area contributed by atoms with E-state index in [1.165, 1.54) is 6.07 Å². The van der Waals surface area contributed by atoms with Gasteiger partial charge in [0.2, 0.25) is 5.91 Å². The topological polar surface area (TPSA) is 101 Å². The maximum atomic E-state index is 12.9. The van der Waals surface area contributed by atoms with Crippen molar-refractivity contribution in [3.05, 3.63) is 70.1 Å². The van der Waals surface area contributed by atoms with Crippen LogP contribution in [0.2, 0.25) is 5.02 Å². The monoisotopic (exact) mass is 433 g/mol. The second-order valence-corrected chi connectivity index (χ2v) is 8.65. The minimum Gasteiger partial charge on any atom is -0.361 e. The molecule has 0 spiro atoms. The van der Waals surface area contributed by atoms with E-state index in [0.717, 1.165) is 0 Å². The number of anilines is 2. The predicted octanol–water partition coefficient (Wildman–Crippen LogP) is 4.24. The predicted molar refractivity (Wildman–Crippen MR) is 112 cm³/mol. The van der Waals surface area contributed by atoms with Gasteiger partial charge in [0.1, 0.15) is 5.76 Å². The summed E-state index contributed by atoms with van der Waals surface area (Å²) in [4.78, 5) is 12.5. The number of hydrogen-bond donors (Lipinski definition) is 2. The summed E-state index contributed by atoms with van der Waals surface area (Å²) in [5.41, 5.74) is 2.54. The van der Waals surface area contributed by atoms with Crippen LogP contribution in [0.5, 0.6) is 0 Å². The number of amides is 1. The molecule has 7 nitrogen and oxygen atoms in total. The number of rotatable bonds is 6. The third-order valence-electron chi connectivity index (χ3n) is 4.40. The number of sulfonamides is 1. The fourth-order valence-electron chi connectivity index (χ4n) is 2.83. The number of carbonyl (C=O) groups is 1. The minimum atomic E-state index is -3.90. The van der Waals surface area contributed by atoms with E-state index < -0.39 is 10.0 Å². The van der Waals surface area contributed by atoms with Gasteiger partial charge in [-0.25, -0.2) is 8.42 Å². The lowest BCUT2D eigenvalue weighted by atomic mass is 10.1. The number of hydrogen-bond acceptors (Lipinski definition) is 5. The van der Waals surface area contributed by atoms with Crippen molar-refractivity contribution in [2.75, 3.05) is 10.0 Å². The molecule has 9 heteroatoms. The zero-order chi connectivity index (χ0) is 21.2. The second kappa shape index (κ2) is 8.26. The Labute approximate surface area is 174 Å². The van der Waals surface area contributed by atoms with E-state index in [0.29, 0.717) is 28.3 Å². The first-order chi connectivity index (χ1) is 13.7. The molecule has 3 rings (SSSR count). The van der Waals surface area contributed by atoms with Crippen molar-refractivity contribution in [2.45, 2.75) is 32.1 Å². The van der Waals surface area contributed by atoms with E-state index in [1.54, 1.807) is 57.2 Å². The van der Waals surface area contributed by atoms with Crippen molar-refractivity contribution < 1.29 is 17.7 Å². The molecule has 0 fully saturated rings. The highest BCUT2D eigenvalue weighted by molar-refractivity contribution is 7.92. The largest absolute Gasteiger partial charge is 0.361 e. The van der Waals surface area contributed by atoms with Gasteiger partial charge in [0.15, 0.2) is 0 Å². The summed E-state index contributed by atoms with van der Waals surface area (Å²) in [5, 5.41) is 6.84. The van der Waals surface area contributed by atoms with Gasteiger partial charge in [0.05, 0.1) is 27.7 Å². The smallest absolute Gasteiger partial charge is 0.262 e. The Balaban J connectivity index is 1.82. The lowest BCUT2D eigenvalue weighted by molar-refractivity contribution is -0.115. The zero-order valence-corrected chi connectivity index (χ0v) is 17.7. The lowest BCUT2D eigenvalue weighted by Gasteiger charge is -2.13. The lowest BCUT2D eigenvalue weighted by Crippen LogP contribution is -2.17. The van der Waals surface area contributed by atoms with Crippen LogP contribution < -0.4 is 10.0 Å². The van der Waals surface area contributed by atoms with E-state index in [1.807, 2.05) is 0 Å². The molecule has 0 radical (unpaired) electrons. The second-order valence-electron chi connectivity index (χ2n) is 6.59. The van der Waals surface area contributed by atoms with Crippen LogP contribution in [-0.4, -0.2) is 19.5 Å². The van der Waals surface area contributed by atoms with Crippen molar-refractivity contribution in [1.29, 1.82) is 0 Å². The van der Waals surface area contributed by atoms with Crippen LogP contribution in [0, 0.1) is 20.8 Å². The zero-order valence-electron chi connectivity index (χ0n) is 16.1. The average molecular weight is 434 g/mol. The van der Waals surface area contributed by atoms with Gasteiger partial charge >= 0.3 is 0 Å². The van der Waals surface area contributed by atoms with Crippen molar-refractivity contribution in [2.24, 2.45) is 0 Å². The molecule has 0 unspecified atom stereocenters. The highest BCUT2D eigenvalue weighted by atomic mass is 35.5. The molecule has 0 saturated heterocycles. The molecular formula is C20H20ClN3O4S. The molecule has 0 bridgehead atoms. The highest BCUT2D eigenvalue weighted by Gasteiger charge is 2.20. The summed E-state index contributed by atoms with van der Waals surface area (Å²) in [6.07, 6.45) is 0.0784. The molecule has 1 amide bonds. The molecule has 0 aliphatic carbocycles. The van der Waals surface area contributed by atoms with Crippen LogP contribution in [0.15, 0.2) is 51.9 Å².